The van der Waals surface area contributed by atoms with Crippen molar-refractivity contribution in [3.63, 3.8) is 0 Å². The second-order valence-corrected chi connectivity index (χ2v) is 6.43. The predicted octanol–water partition coefficient (Wildman–Crippen LogP) is 4.14. The van der Waals surface area contributed by atoms with E-state index in [0.717, 1.165) is 17.9 Å². The molecule has 3 rings (SSSR count). The van der Waals surface area contributed by atoms with Crippen molar-refractivity contribution in [3.8, 4) is 0 Å². The Morgan fingerprint density at radius 3 is 2.11 bits per heavy atom. The van der Waals surface area contributed by atoms with Crippen molar-refractivity contribution in [3.05, 3.63) is 34.9 Å². The molecule has 1 aromatic carbocycles. The number of rotatable bonds is 5. The van der Waals surface area contributed by atoms with Crippen LogP contribution in [0.1, 0.15) is 55.3 Å². The lowest BCUT2D eigenvalue weighted by atomic mass is 9.99. The highest BCUT2D eigenvalue weighted by molar-refractivity contribution is 5.31. The standard InChI is InChI=1S/C17H25N/c1-11-4-5-16(10-12(11)2)13(3)18-17(14-6-7-14)15-8-9-15/h4-5,10,13-15,17-18H,6-9H2,1-3H3. The average molecular weight is 243 g/mol. The normalized spacial score (nSPS) is 21.3. The molecule has 2 aliphatic carbocycles. The number of aryl methyl sites for hydroxylation is 2. The molecule has 0 radical (unpaired) electrons. The van der Waals surface area contributed by atoms with Crippen molar-refractivity contribution in [1.29, 1.82) is 0 Å². The SMILES string of the molecule is Cc1ccc(C(C)NC(C2CC2)C2CC2)cc1C. The van der Waals surface area contributed by atoms with Gasteiger partial charge in [0.1, 0.15) is 0 Å². The van der Waals surface area contributed by atoms with Crippen molar-refractivity contribution < 1.29 is 0 Å². The van der Waals surface area contributed by atoms with E-state index in [1.54, 1.807) is 0 Å². The highest BCUT2D eigenvalue weighted by atomic mass is 15.0. The fraction of sp³-hybridized carbons (Fsp3) is 0.647. The Hall–Kier alpha value is -0.820. The van der Waals surface area contributed by atoms with E-state index >= 15 is 0 Å². The van der Waals surface area contributed by atoms with E-state index in [1.807, 2.05) is 0 Å². The molecular weight excluding hydrogens is 218 g/mol. The van der Waals surface area contributed by atoms with Crippen LogP contribution in [-0.2, 0) is 0 Å². The number of hydrogen-bond acceptors (Lipinski definition) is 1. The first-order valence-corrected chi connectivity index (χ1v) is 7.48. The third kappa shape index (κ3) is 2.61. The van der Waals surface area contributed by atoms with Gasteiger partial charge in [-0.25, -0.2) is 0 Å². The van der Waals surface area contributed by atoms with Crippen LogP contribution in [0.15, 0.2) is 18.2 Å². The van der Waals surface area contributed by atoms with Gasteiger partial charge in [-0.2, -0.15) is 0 Å². The van der Waals surface area contributed by atoms with Crippen LogP contribution in [0, 0.1) is 25.7 Å². The molecule has 0 amide bonds. The minimum absolute atomic E-state index is 0.496. The van der Waals surface area contributed by atoms with Crippen LogP contribution < -0.4 is 5.32 Å². The molecule has 2 saturated carbocycles. The minimum atomic E-state index is 0.496. The Kier molecular flexibility index (Phi) is 3.19. The summed E-state index contributed by atoms with van der Waals surface area (Å²) in [6, 6.07) is 8.18. The van der Waals surface area contributed by atoms with Crippen molar-refractivity contribution in [2.75, 3.05) is 0 Å². The summed E-state index contributed by atoms with van der Waals surface area (Å²) in [4.78, 5) is 0. The molecule has 1 heteroatoms. The van der Waals surface area contributed by atoms with Crippen molar-refractivity contribution >= 4 is 0 Å². The molecule has 1 N–H and O–H groups in total. The number of benzene rings is 1. The van der Waals surface area contributed by atoms with Crippen molar-refractivity contribution in [1.82, 2.24) is 5.32 Å². The fourth-order valence-corrected chi connectivity index (χ4v) is 2.99. The smallest absolute Gasteiger partial charge is 0.0294 e. The summed E-state index contributed by atoms with van der Waals surface area (Å²) in [7, 11) is 0. The molecule has 18 heavy (non-hydrogen) atoms. The van der Waals surface area contributed by atoms with Crippen LogP contribution in [0.25, 0.3) is 0 Å². The van der Waals surface area contributed by atoms with Crippen LogP contribution in [-0.4, -0.2) is 6.04 Å². The Bertz CT molecular complexity index is 417. The first-order valence-electron chi connectivity index (χ1n) is 7.48. The van der Waals surface area contributed by atoms with Gasteiger partial charge in [0.2, 0.25) is 0 Å². The zero-order chi connectivity index (χ0) is 12.7. The van der Waals surface area contributed by atoms with Crippen molar-refractivity contribution in [2.45, 2.75) is 58.5 Å². The van der Waals surface area contributed by atoms with Gasteiger partial charge in [0.25, 0.3) is 0 Å². The molecule has 1 aromatic rings. The van der Waals surface area contributed by atoms with Gasteiger partial charge in [0.15, 0.2) is 0 Å². The van der Waals surface area contributed by atoms with E-state index in [9.17, 15) is 0 Å². The number of nitrogens with one attached hydrogen (secondary N) is 1. The fourth-order valence-electron chi connectivity index (χ4n) is 2.99. The summed E-state index contributed by atoms with van der Waals surface area (Å²) >= 11 is 0. The summed E-state index contributed by atoms with van der Waals surface area (Å²) in [5, 5.41) is 3.90. The third-order valence-corrected chi connectivity index (χ3v) is 4.73. The van der Waals surface area contributed by atoms with Crippen LogP contribution >= 0.6 is 0 Å². The molecule has 0 spiro atoms. The molecule has 0 saturated heterocycles. The van der Waals surface area contributed by atoms with E-state index < -0.39 is 0 Å². The first kappa shape index (κ1) is 12.2. The molecule has 1 atom stereocenters. The van der Waals surface area contributed by atoms with Gasteiger partial charge < -0.3 is 5.32 Å². The lowest BCUT2D eigenvalue weighted by Gasteiger charge is -2.24. The van der Waals surface area contributed by atoms with Crippen LogP contribution in [0.2, 0.25) is 0 Å². The zero-order valence-electron chi connectivity index (χ0n) is 11.9. The minimum Gasteiger partial charge on any atom is -0.307 e. The highest BCUT2D eigenvalue weighted by Crippen LogP contribution is 2.45. The molecule has 1 nitrogen and oxygen atoms in total. The quantitative estimate of drug-likeness (QED) is 0.819. The van der Waals surface area contributed by atoms with Crippen LogP contribution in [0.4, 0.5) is 0 Å². The second-order valence-electron chi connectivity index (χ2n) is 6.43. The van der Waals surface area contributed by atoms with E-state index in [0.29, 0.717) is 6.04 Å². The molecule has 1 unspecified atom stereocenters. The lowest BCUT2D eigenvalue weighted by Crippen LogP contribution is -2.35. The lowest BCUT2D eigenvalue weighted by molar-refractivity contribution is 0.377. The van der Waals surface area contributed by atoms with Crippen LogP contribution in [0.3, 0.4) is 0 Å². The van der Waals surface area contributed by atoms with Gasteiger partial charge in [0.05, 0.1) is 0 Å². The predicted molar refractivity (Wildman–Crippen MR) is 76.7 cm³/mol. The van der Waals surface area contributed by atoms with Gasteiger partial charge in [-0.3, -0.25) is 0 Å². The molecule has 98 valence electrons. The van der Waals surface area contributed by atoms with Gasteiger partial charge in [0, 0.05) is 12.1 Å². The topological polar surface area (TPSA) is 12.0 Å². The summed E-state index contributed by atoms with van der Waals surface area (Å²) < 4.78 is 0. The molecular formula is C17H25N. The summed E-state index contributed by atoms with van der Waals surface area (Å²) in [5.74, 6) is 1.96. The zero-order valence-corrected chi connectivity index (χ0v) is 11.9. The maximum absolute atomic E-state index is 3.90. The summed E-state index contributed by atoms with van der Waals surface area (Å²) in [5.41, 5.74) is 4.26. The Morgan fingerprint density at radius 1 is 1.00 bits per heavy atom. The largest absolute Gasteiger partial charge is 0.307 e. The highest BCUT2D eigenvalue weighted by Gasteiger charge is 2.41. The second kappa shape index (κ2) is 4.70. The van der Waals surface area contributed by atoms with Crippen LogP contribution in [0.5, 0.6) is 0 Å². The Morgan fingerprint density at radius 2 is 1.61 bits per heavy atom. The van der Waals surface area contributed by atoms with E-state index in [2.05, 4.69) is 44.3 Å². The molecule has 0 bridgehead atoms. The Balaban J connectivity index is 1.68. The molecule has 2 fully saturated rings. The van der Waals surface area contributed by atoms with E-state index in [1.165, 1.54) is 42.4 Å². The molecule has 0 aromatic heterocycles. The summed E-state index contributed by atoms with van der Waals surface area (Å²) in [6.07, 6.45) is 5.81. The monoisotopic (exact) mass is 243 g/mol. The number of hydrogen-bond donors (Lipinski definition) is 1. The summed E-state index contributed by atoms with van der Waals surface area (Å²) in [6.45, 7) is 6.72. The van der Waals surface area contributed by atoms with Gasteiger partial charge in [-0.1, -0.05) is 18.2 Å². The van der Waals surface area contributed by atoms with Gasteiger partial charge >= 0.3 is 0 Å². The Labute approximate surface area is 111 Å². The maximum Gasteiger partial charge on any atom is 0.0294 e. The molecule has 0 heterocycles. The average Bonchev–Trinajstić information content (AvgIpc) is 3.22. The van der Waals surface area contributed by atoms with Gasteiger partial charge in [-0.15, -0.1) is 0 Å². The van der Waals surface area contributed by atoms with Crippen molar-refractivity contribution in [2.24, 2.45) is 11.8 Å². The third-order valence-electron chi connectivity index (χ3n) is 4.73. The molecule has 2 aliphatic rings. The maximum atomic E-state index is 3.90. The molecule has 0 aliphatic heterocycles. The van der Waals surface area contributed by atoms with Gasteiger partial charge in [-0.05, 0) is 75.0 Å². The van der Waals surface area contributed by atoms with E-state index in [4.69, 9.17) is 0 Å². The first-order chi connectivity index (χ1) is 8.65. The van der Waals surface area contributed by atoms with E-state index in [-0.39, 0.29) is 0 Å².